The van der Waals surface area contributed by atoms with Crippen LogP contribution in [0.25, 0.3) is 0 Å². The third-order valence-electron chi connectivity index (χ3n) is 2.43. The van der Waals surface area contributed by atoms with Crippen LogP contribution in [0.3, 0.4) is 0 Å². The summed E-state index contributed by atoms with van der Waals surface area (Å²) in [6, 6.07) is 10.2. The van der Waals surface area contributed by atoms with Crippen molar-refractivity contribution in [3.8, 4) is 0 Å². The number of hydrogen-bond donors (Lipinski definition) is 2. The maximum atomic E-state index is 5.61. The minimum absolute atomic E-state index is 0.411. The van der Waals surface area contributed by atoms with Crippen molar-refractivity contribution in [3.05, 3.63) is 47.8 Å². The molecular weight excluding hydrogens is 188 g/mol. The Labute approximate surface area is 89.9 Å². The minimum Gasteiger partial charge on any atom is -0.386 e. The molecule has 1 heterocycles. The van der Waals surface area contributed by atoms with Crippen LogP contribution in [0.15, 0.2) is 42.2 Å². The first-order chi connectivity index (χ1) is 7.34. The van der Waals surface area contributed by atoms with Crippen molar-refractivity contribution in [2.45, 2.75) is 6.61 Å². The quantitative estimate of drug-likeness (QED) is 0.775. The summed E-state index contributed by atoms with van der Waals surface area (Å²) in [6.45, 7) is 2.29. The predicted molar refractivity (Wildman–Crippen MR) is 59.9 cm³/mol. The zero-order valence-corrected chi connectivity index (χ0v) is 8.65. The Morgan fingerprint density at radius 3 is 2.80 bits per heavy atom. The van der Waals surface area contributed by atoms with Crippen molar-refractivity contribution in [1.29, 1.82) is 0 Å². The van der Waals surface area contributed by atoms with Crippen molar-refractivity contribution in [2.24, 2.45) is 11.7 Å². The number of ether oxygens (including phenoxy) is 1. The topological polar surface area (TPSA) is 47.3 Å². The van der Waals surface area contributed by atoms with Gasteiger partial charge in [-0.25, -0.2) is 0 Å². The van der Waals surface area contributed by atoms with Crippen molar-refractivity contribution in [1.82, 2.24) is 5.32 Å². The van der Waals surface area contributed by atoms with E-state index in [0.29, 0.717) is 12.5 Å². The van der Waals surface area contributed by atoms with Crippen LogP contribution in [0, 0.1) is 5.92 Å². The fraction of sp³-hybridized carbons (Fsp3) is 0.333. The molecule has 3 heteroatoms. The number of benzene rings is 1. The average molecular weight is 204 g/mol. The summed E-state index contributed by atoms with van der Waals surface area (Å²) in [5, 5.41) is 3.08. The molecule has 1 aliphatic rings. The highest BCUT2D eigenvalue weighted by molar-refractivity contribution is 5.13. The highest BCUT2D eigenvalue weighted by atomic mass is 16.5. The van der Waals surface area contributed by atoms with Crippen LogP contribution < -0.4 is 11.1 Å². The summed E-state index contributed by atoms with van der Waals surface area (Å²) in [4.78, 5) is 0. The third-order valence-corrected chi connectivity index (χ3v) is 2.43. The summed E-state index contributed by atoms with van der Waals surface area (Å²) in [5.41, 5.74) is 6.81. The highest BCUT2D eigenvalue weighted by Crippen LogP contribution is 2.08. The van der Waals surface area contributed by atoms with Gasteiger partial charge in [0.2, 0.25) is 0 Å². The van der Waals surface area contributed by atoms with Gasteiger partial charge in [-0.15, -0.1) is 0 Å². The standard InChI is InChI=1S/C12H16N2O/c13-12-6-11(7-14-12)9-15-8-10-4-2-1-3-5-10/h1-6,11,14H,7-9,13H2/t11-/m0/s1. The minimum atomic E-state index is 0.411. The number of rotatable bonds is 4. The molecule has 15 heavy (non-hydrogen) atoms. The van der Waals surface area contributed by atoms with E-state index in [1.807, 2.05) is 24.3 Å². The zero-order valence-electron chi connectivity index (χ0n) is 8.65. The summed E-state index contributed by atoms with van der Waals surface area (Å²) < 4.78 is 5.61. The molecule has 0 aliphatic carbocycles. The Balaban J connectivity index is 1.72. The second-order valence-electron chi connectivity index (χ2n) is 3.76. The molecule has 0 fully saturated rings. The first kappa shape index (κ1) is 10.1. The van der Waals surface area contributed by atoms with Crippen molar-refractivity contribution in [2.75, 3.05) is 13.2 Å². The molecule has 1 aromatic carbocycles. The van der Waals surface area contributed by atoms with Gasteiger partial charge in [-0.05, 0) is 11.6 Å². The van der Waals surface area contributed by atoms with Crippen LogP contribution >= 0.6 is 0 Å². The SMILES string of the molecule is NC1=C[C@H](COCc2ccccc2)CN1. The lowest BCUT2D eigenvalue weighted by molar-refractivity contribution is 0.102. The maximum Gasteiger partial charge on any atom is 0.0923 e. The molecule has 2 rings (SSSR count). The normalized spacial score (nSPS) is 19.7. The summed E-state index contributed by atoms with van der Waals surface area (Å²) >= 11 is 0. The van der Waals surface area contributed by atoms with Crippen LogP contribution in [-0.4, -0.2) is 13.2 Å². The van der Waals surface area contributed by atoms with Gasteiger partial charge >= 0.3 is 0 Å². The van der Waals surface area contributed by atoms with Crippen LogP contribution in [0.2, 0.25) is 0 Å². The first-order valence-corrected chi connectivity index (χ1v) is 5.17. The smallest absolute Gasteiger partial charge is 0.0923 e. The van der Waals surface area contributed by atoms with Gasteiger partial charge in [0.15, 0.2) is 0 Å². The second-order valence-corrected chi connectivity index (χ2v) is 3.76. The van der Waals surface area contributed by atoms with Gasteiger partial charge < -0.3 is 15.8 Å². The van der Waals surface area contributed by atoms with Crippen LogP contribution in [0.4, 0.5) is 0 Å². The molecule has 3 nitrogen and oxygen atoms in total. The lowest BCUT2D eigenvalue weighted by Crippen LogP contribution is -2.18. The molecule has 80 valence electrons. The van der Waals surface area contributed by atoms with E-state index < -0.39 is 0 Å². The van der Waals surface area contributed by atoms with Crippen LogP contribution in [0.1, 0.15) is 5.56 Å². The molecule has 0 saturated heterocycles. The molecule has 0 saturated carbocycles. The molecule has 0 aromatic heterocycles. The van der Waals surface area contributed by atoms with E-state index >= 15 is 0 Å². The Morgan fingerprint density at radius 1 is 1.33 bits per heavy atom. The Hall–Kier alpha value is -1.48. The molecule has 0 amide bonds. The first-order valence-electron chi connectivity index (χ1n) is 5.17. The van der Waals surface area contributed by atoms with Gasteiger partial charge in [0.05, 0.1) is 19.0 Å². The van der Waals surface area contributed by atoms with Gasteiger partial charge in [0.1, 0.15) is 0 Å². The molecule has 3 N–H and O–H groups in total. The number of nitrogens with two attached hydrogens (primary N) is 1. The third kappa shape index (κ3) is 2.99. The fourth-order valence-electron chi connectivity index (χ4n) is 1.63. The molecule has 1 aliphatic heterocycles. The van der Waals surface area contributed by atoms with Crippen molar-refractivity contribution in [3.63, 3.8) is 0 Å². The second kappa shape index (κ2) is 4.84. The number of nitrogens with one attached hydrogen (secondary N) is 1. The Kier molecular flexibility index (Phi) is 3.25. The van der Waals surface area contributed by atoms with Crippen LogP contribution in [-0.2, 0) is 11.3 Å². The molecule has 0 unspecified atom stereocenters. The largest absolute Gasteiger partial charge is 0.386 e. The summed E-state index contributed by atoms with van der Waals surface area (Å²) in [7, 11) is 0. The molecule has 0 radical (unpaired) electrons. The van der Waals surface area contributed by atoms with Gasteiger partial charge in [-0.2, -0.15) is 0 Å². The maximum absolute atomic E-state index is 5.61. The molecule has 0 spiro atoms. The van der Waals surface area contributed by atoms with E-state index in [-0.39, 0.29) is 0 Å². The molecular formula is C12H16N2O. The highest BCUT2D eigenvalue weighted by Gasteiger charge is 2.12. The Bertz CT molecular complexity index is 335. The zero-order chi connectivity index (χ0) is 10.5. The van der Waals surface area contributed by atoms with E-state index in [9.17, 15) is 0 Å². The van der Waals surface area contributed by atoms with Gasteiger partial charge in [-0.3, -0.25) is 0 Å². The van der Waals surface area contributed by atoms with E-state index in [4.69, 9.17) is 10.5 Å². The Morgan fingerprint density at radius 2 is 2.13 bits per heavy atom. The van der Waals surface area contributed by atoms with Crippen LogP contribution in [0.5, 0.6) is 0 Å². The van der Waals surface area contributed by atoms with E-state index in [2.05, 4.69) is 17.4 Å². The number of hydrogen-bond acceptors (Lipinski definition) is 3. The predicted octanol–water partition coefficient (Wildman–Crippen LogP) is 1.22. The fourth-order valence-corrected chi connectivity index (χ4v) is 1.63. The molecule has 0 bridgehead atoms. The average Bonchev–Trinajstić information content (AvgIpc) is 2.66. The molecule has 1 aromatic rings. The van der Waals surface area contributed by atoms with E-state index in [0.717, 1.165) is 19.0 Å². The van der Waals surface area contributed by atoms with Gasteiger partial charge in [0, 0.05) is 12.5 Å². The lowest BCUT2D eigenvalue weighted by atomic mass is 10.2. The van der Waals surface area contributed by atoms with E-state index in [1.165, 1.54) is 5.56 Å². The summed E-state index contributed by atoms with van der Waals surface area (Å²) in [6.07, 6.45) is 2.02. The van der Waals surface area contributed by atoms with Crippen molar-refractivity contribution >= 4 is 0 Å². The summed E-state index contributed by atoms with van der Waals surface area (Å²) in [5.74, 6) is 1.18. The van der Waals surface area contributed by atoms with Gasteiger partial charge in [-0.1, -0.05) is 30.3 Å². The van der Waals surface area contributed by atoms with Gasteiger partial charge in [0.25, 0.3) is 0 Å². The van der Waals surface area contributed by atoms with Crippen molar-refractivity contribution < 1.29 is 4.74 Å². The lowest BCUT2D eigenvalue weighted by Gasteiger charge is -2.08. The molecule has 1 atom stereocenters. The van der Waals surface area contributed by atoms with E-state index in [1.54, 1.807) is 0 Å². The monoisotopic (exact) mass is 204 g/mol.